The molecule has 1 aromatic heterocycles. The molecule has 170 valence electrons. The fraction of sp³-hybridized carbons (Fsp3) is 0.520. The highest BCUT2D eigenvalue weighted by Crippen LogP contribution is 2.36. The van der Waals surface area contributed by atoms with Crippen molar-refractivity contribution in [3.8, 4) is 0 Å². The molecule has 32 heavy (non-hydrogen) atoms. The molecule has 2 fully saturated rings. The minimum Gasteiger partial charge on any atom is -0.335 e. The summed E-state index contributed by atoms with van der Waals surface area (Å²) in [6, 6.07) is 10.4. The summed E-state index contributed by atoms with van der Waals surface area (Å²) in [7, 11) is 0. The van der Waals surface area contributed by atoms with Crippen LogP contribution in [0.1, 0.15) is 55.7 Å². The Balaban J connectivity index is 1.27. The SMILES string of the molecule is O=C(Nc1ccc2n(c1=O)C[C@@H]1C[C@@H]2CN(Cc2ccc(F)cc2)C1)NC1CCCCC1. The Morgan fingerprint density at radius 3 is 2.56 bits per heavy atom. The van der Waals surface area contributed by atoms with E-state index in [1.165, 1.54) is 18.6 Å². The average molecular weight is 439 g/mol. The Bertz CT molecular complexity index is 1030. The molecule has 2 aliphatic heterocycles. The molecule has 0 unspecified atom stereocenters. The highest BCUT2D eigenvalue weighted by Gasteiger charge is 2.35. The molecule has 6 nitrogen and oxygen atoms in total. The zero-order valence-electron chi connectivity index (χ0n) is 18.4. The van der Waals surface area contributed by atoms with Gasteiger partial charge in [-0.2, -0.15) is 0 Å². The number of nitrogens with one attached hydrogen (secondary N) is 2. The number of pyridine rings is 1. The summed E-state index contributed by atoms with van der Waals surface area (Å²) in [6.07, 6.45) is 6.62. The number of urea groups is 1. The molecule has 3 heterocycles. The lowest BCUT2D eigenvalue weighted by Gasteiger charge is -2.43. The number of amides is 2. The van der Waals surface area contributed by atoms with Gasteiger partial charge >= 0.3 is 6.03 Å². The van der Waals surface area contributed by atoms with Gasteiger partial charge in [0.1, 0.15) is 11.5 Å². The first-order valence-electron chi connectivity index (χ1n) is 11.8. The third-order valence-electron chi connectivity index (χ3n) is 7.19. The van der Waals surface area contributed by atoms with Crippen LogP contribution in [0.5, 0.6) is 0 Å². The number of aromatic nitrogens is 1. The van der Waals surface area contributed by atoms with Crippen LogP contribution in [-0.2, 0) is 13.1 Å². The summed E-state index contributed by atoms with van der Waals surface area (Å²) in [6.45, 7) is 3.25. The molecule has 2 aromatic rings. The fourth-order valence-electron chi connectivity index (χ4n) is 5.71. The van der Waals surface area contributed by atoms with Gasteiger partial charge in [-0.3, -0.25) is 9.69 Å². The normalized spacial score (nSPS) is 23.4. The van der Waals surface area contributed by atoms with Crippen LogP contribution in [0.4, 0.5) is 14.9 Å². The molecule has 7 heteroatoms. The fourth-order valence-corrected chi connectivity index (χ4v) is 5.71. The molecular formula is C25H31FN4O2. The number of likely N-dealkylation sites (tertiary alicyclic amines) is 1. The number of carbonyl (C=O) groups excluding carboxylic acids is 1. The summed E-state index contributed by atoms with van der Waals surface area (Å²) < 4.78 is 15.1. The van der Waals surface area contributed by atoms with Crippen LogP contribution in [0, 0.1) is 11.7 Å². The van der Waals surface area contributed by atoms with Crippen molar-refractivity contribution in [2.45, 2.75) is 63.6 Å². The highest BCUT2D eigenvalue weighted by molar-refractivity contribution is 5.89. The number of rotatable bonds is 4. The van der Waals surface area contributed by atoms with Gasteiger partial charge < -0.3 is 15.2 Å². The molecule has 2 amide bonds. The number of hydrogen-bond donors (Lipinski definition) is 2. The highest BCUT2D eigenvalue weighted by atomic mass is 19.1. The lowest BCUT2D eigenvalue weighted by Crippen LogP contribution is -2.47. The van der Waals surface area contributed by atoms with E-state index < -0.39 is 0 Å². The van der Waals surface area contributed by atoms with Crippen LogP contribution in [-0.4, -0.2) is 34.6 Å². The molecule has 0 radical (unpaired) electrons. The van der Waals surface area contributed by atoms with Crippen molar-refractivity contribution in [1.82, 2.24) is 14.8 Å². The Morgan fingerprint density at radius 2 is 1.78 bits per heavy atom. The number of fused-ring (bicyclic) bond motifs is 4. The van der Waals surface area contributed by atoms with E-state index in [0.717, 1.165) is 63.0 Å². The van der Waals surface area contributed by atoms with Crippen molar-refractivity contribution in [2.75, 3.05) is 18.4 Å². The lowest BCUT2D eigenvalue weighted by molar-refractivity contribution is 0.114. The number of carbonyl (C=O) groups is 1. The Labute approximate surface area is 187 Å². The van der Waals surface area contributed by atoms with E-state index in [9.17, 15) is 14.0 Å². The Morgan fingerprint density at radius 1 is 1.00 bits per heavy atom. The van der Waals surface area contributed by atoms with E-state index in [1.807, 2.05) is 22.8 Å². The minimum absolute atomic E-state index is 0.108. The van der Waals surface area contributed by atoms with Gasteiger partial charge in [0.15, 0.2) is 0 Å². The number of hydrogen-bond acceptors (Lipinski definition) is 3. The average Bonchev–Trinajstić information content (AvgIpc) is 2.78. The molecule has 1 saturated heterocycles. The predicted molar refractivity (Wildman–Crippen MR) is 122 cm³/mol. The van der Waals surface area contributed by atoms with E-state index in [2.05, 4.69) is 15.5 Å². The molecule has 5 rings (SSSR count). The summed E-state index contributed by atoms with van der Waals surface area (Å²) in [4.78, 5) is 28.0. The van der Waals surface area contributed by atoms with E-state index in [0.29, 0.717) is 24.1 Å². The molecule has 2 bridgehead atoms. The standard InChI is InChI=1S/C25H31FN4O2/c26-20-8-6-17(7-9-20)13-29-14-18-12-19(16-29)23-11-10-22(24(31)30(23)15-18)28-25(32)27-21-4-2-1-3-5-21/h6-11,18-19,21H,1-5,12-16H2,(H2,27,28,32)/t18-,19-/m1/s1. The Kier molecular flexibility index (Phi) is 6.00. The topological polar surface area (TPSA) is 66.4 Å². The maximum Gasteiger partial charge on any atom is 0.319 e. The number of halogens is 1. The molecule has 3 aliphatic rings. The second kappa shape index (κ2) is 9.06. The van der Waals surface area contributed by atoms with Crippen molar-refractivity contribution in [3.63, 3.8) is 0 Å². The molecule has 0 spiro atoms. The third-order valence-corrected chi connectivity index (χ3v) is 7.19. The van der Waals surface area contributed by atoms with Crippen molar-refractivity contribution >= 4 is 11.7 Å². The number of benzene rings is 1. The van der Waals surface area contributed by atoms with Crippen molar-refractivity contribution in [2.24, 2.45) is 5.92 Å². The van der Waals surface area contributed by atoms with Gasteiger partial charge in [-0.15, -0.1) is 0 Å². The lowest BCUT2D eigenvalue weighted by atomic mass is 9.83. The van der Waals surface area contributed by atoms with Crippen LogP contribution in [0.25, 0.3) is 0 Å². The van der Waals surface area contributed by atoms with Crippen LogP contribution in [0.2, 0.25) is 0 Å². The van der Waals surface area contributed by atoms with Crippen LogP contribution in [0.3, 0.4) is 0 Å². The smallest absolute Gasteiger partial charge is 0.319 e. The quantitative estimate of drug-likeness (QED) is 0.757. The van der Waals surface area contributed by atoms with E-state index >= 15 is 0 Å². The molecule has 1 aromatic carbocycles. The van der Waals surface area contributed by atoms with Crippen molar-refractivity contribution in [1.29, 1.82) is 0 Å². The van der Waals surface area contributed by atoms with Gasteiger partial charge in [0.25, 0.3) is 5.56 Å². The third kappa shape index (κ3) is 4.58. The molecule has 2 atom stereocenters. The zero-order chi connectivity index (χ0) is 22.1. The van der Waals surface area contributed by atoms with Gasteiger partial charge in [0, 0.05) is 43.8 Å². The largest absolute Gasteiger partial charge is 0.335 e. The maximum atomic E-state index is 13.2. The second-order valence-electron chi connectivity index (χ2n) is 9.64. The minimum atomic E-state index is -0.281. The van der Waals surface area contributed by atoms with Crippen LogP contribution < -0.4 is 16.2 Å². The number of nitrogens with zero attached hydrogens (tertiary/aromatic N) is 2. The zero-order valence-corrected chi connectivity index (χ0v) is 18.4. The van der Waals surface area contributed by atoms with E-state index in [4.69, 9.17) is 0 Å². The second-order valence-corrected chi connectivity index (χ2v) is 9.64. The van der Waals surface area contributed by atoms with E-state index in [1.54, 1.807) is 6.07 Å². The van der Waals surface area contributed by atoms with Gasteiger partial charge in [-0.1, -0.05) is 31.4 Å². The van der Waals surface area contributed by atoms with Crippen LogP contribution in [0.15, 0.2) is 41.2 Å². The summed E-state index contributed by atoms with van der Waals surface area (Å²) in [5.74, 6) is 0.473. The van der Waals surface area contributed by atoms with Gasteiger partial charge in [0.05, 0.1) is 0 Å². The summed E-state index contributed by atoms with van der Waals surface area (Å²) >= 11 is 0. The van der Waals surface area contributed by atoms with Gasteiger partial charge in [-0.05, 0) is 55.0 Å². The maximum absolute atomic E-state index is 13.2. The van der Waals surface area contributed by atoms with Gasteiger partial charge in [0.2, 0.25) is 0 Å². The molecule has 1 saturated carbocycles. The number of anilines is 1. The van der Waals surface area contributed by atoms with Crippen molar-refractivity contribution < 1.29 is 9.18 Å². The first-order valence-corrected chi connectivity index (χ1v) is 11.8. The number of piperidine rings is 1. The summed E-state index contributed by atoms with van der Waals surface area (Å²) in [5.41, 5.74) is 2.40. The van der Waals surface area contributed by atoms with E-state index in [-0.39, 0.29) is 23.4 Å². The predicted octanol–water partition coefficient (Wildman–Crippen LogP) is 4.06. The first kappa shape index (κ1) is 21.2. The summed E-state index contributed by atoms with van der Waals surface area (Å²) in [5, 5.41) is 5.81. The van der Waals surface area contributed by atoms with Gasteiger partial charge in [-0.25, -0.2) is 9.18 Å². The first-order chi connectivity index (χ1) is 15.5. The Hall–Kier alpha value is -2.67. The molecule has 1 aliphatic carbocycles. The van der Waals surface area contributed by atoms with Crippen molar-refractivity contribution in [3.05, 3.63) is 63.8 Å². The van der Waals surface area contributed by atoms with Crippen LogP contribution >= 0.6 is 0 Å². The monoisotopic (exact) mass is 438 g/mol. The molecular weight excluding hydrogens is 407 g/mol. The molecule has 2 N–H and O–H groups in total.